The lowest BCUT2D eigenvalue weighted by atomic mass is 9.64. The maximum atomic E-state index is 13.4. The third-order valence-corrected chi connectivity index (χ3v) is 8.38. The number of Topliss-reactive ketones (excluding diaryl/α,β-unsaturated/α-hetero) is 1. The number of amides is 1. The Kier molecular flexibility index (Phi) is 4.17. The first-order chi connectivity index (χ1) is 10.7. The van der Waals surface area contributed by atoms with Crippen LogP contribution in [0.3, 0.4) is 0 Å². The van der Waals surface area contributed by atoms with Crippen molar-refractivity contribution in [3.63, 3.8) is 0 Å². The molecule has 23 heavy (non-hydrogen) atoms. The molecule has 0 aromatic heterocycles. The van der Waals surface area contributed by atoms with Crippen LogP contribution in [0.15, 0.2) is 0 Å². The number of aliphatic hydroxyl groups is 1. The molecule has 2 saturated carbocycles. The van der Waals surface area contributed by atoms with Crippen LogP contribution in [0.25, 0.3) is 0 Å². The zero-order valence-corrected chi connectivity index (χ0v) is 15.9. The van der Waals surface area contributed by atoms with Crippen molar-refractivity contribution < 1.29 is 14.7 Å². The Morgan fingerprint density at radius 1 is 1.22 bits per heavy atom. The van der Waals surface area contributed by atoms with Crippen molar-refractivity contribution in [2.75, 3.05) is 39.3 Å². The first-order valence-electron chi connectivity index (χ1n) is 8.53. The molecule has 1 N–H and O–H groups in total. The van der Waals surface area contributed by atoms with Crippen LogP contribution in [0.2, 0.25) is 0 Å². The summed E-state index contributed by atoms with van der Waals surface area (Å²) in [6.07, 6.45) is 1.59. The van der Waals surface area contributed by atoms with Crippen molar-refractivity contribution in [1.82, 2.24) is 9.80 Å². The lowest BCUT2D eigenvalue weighted by Gasteiger charge is -2.45. The Balaban J connectivity index is 1.84. The Morgan fingerprint density at radius 3 is 2.30 bits per heavy atom. The highest BCUT2D eigenvalue weighted by Crippen LogP contribution is 2.72. The average Bonchev–Trinajstić information content (AvgIpc) is 2.80. The quantitative estimate of drug-likeness (QED) is 0.742. The second kappa shape index (κ2) is 5.53. The maximum absolute atomic E-state index is 13.4. The van der Waals surface area contributed by atoms with Gasteiger partial charge in [0.15, 0.2) is 5.78 Å². The lowest BCUT2D eigenvalue weighted by Crippen LogP contribution is -2.57. The number of rotatable bonds is 3. The second-order valence-corrected chi connectivity index (χ2v) is 8.93. The predicted molar refractivity (Wildman–Crippen MR) is 91.4 cm³/mol. The van der Waals surface area contributed by atoms with E-state index < -0.39 is 10.8 Å². The van der Waals surface area contributed by atoms with Crippen molar-refractivity contribution in [3.05, 3.63) is 0 Å². The Morgan fingerprint density at radius 2 is 1.83 bits per heavy atom. The van der Waals surface area contributed by atoms with Crippen LogP contribution < -0.4 is 0 Å². The number of aliphatic hydroxyl groups excluding tert-OH is 1. The predicted octanol–water partition coefficient (Wildman–Crippen LogP) is 1.28. The molecule has 130 valence electrons. The fraction of sp³-hybridized carbons (Fsp3) is 0.882. The molecule has 2 bridgehead atoms. The van der Waals surface area contributed by atoms with Gasteiger partial charge in [0.25, 0.3) is 0 Å². The van der Waals surface area contributed by atoms with E-state index in [1.807, 2.05) is 11.8 Å². The standard InChI is InChI=1S/C17H27BrN2O3/c1-15(2)16(3)4-5-17(15,12(18)13(16)22)14(23)20-8-6-19(7-9-20)10-11-21/h12,21H,4-11H2,1-3H3. The van der Waals surface area contributed by atoms with E-state index in [9.17, 15) is 9.59 Å². The molecule has 6 heteroatoms. The molecule has 1 aliphatic heterocycles. The zero-order chi connectivity index (χ0) is 17.0. The number of carbonyl (C=O) groups is 2. The fourth-order valence-electron chi connectivity index (χ4n) is 5.02. The summed E-state index contributed by atoms with van der Waals surface area (Å²) in [7, 11) is 0. The van der Waals surface area contributed by atoms with Gasteiger partial charge in [0, 0.05) is 38.1 Å². The SMILES string of the molecule is CC12CCC(C(=O)N3CCN(CCO)CC3)(C(Br)C1=O)C2(C)C. The van der Waals surface area contributed by atoms with Gasteiger partial charge in [-0.15, -0.1) is 0 Å². The highest BCUT2D eigenvalue weighted by Gasteiger charge is 2.77. The van der Waals surface area contributed by atoms with Gasteiger partial charge in [-0.25, -0.2) is 0 Å². The van der Waals surface area contributed by atoms with Gasteiger partial charge in [0.05, 0.1) is 16.8 Å². The summed E-state index contributed by atoms with van der Waals surface area (Å²) < 4.78 is 0. The zero-order valence-electron chi connectivity index (χ0n) is 14.3. The van der Waals surface area contributed by atoms with E-state index >= 15 is 0 Å². The van der Waals surface area contributed by atoms with Crippen molar-refractivity contribution in [2.45, 2.75) is 38.4 Å². The number of ketones is 1. The summed E-state index contributed by atoms with van der Waals surface area (Å²) in [5.41, 5.74) is -1.35. The fourth-order valence-corrected chi connectivity index (χ4v) is 6.53. The first-order valence-corrected chi connectivity index (χ1v) is 9.45. The summed E-state index contributed by atoms with van der Waals surface area (Å²) in [4.78, 5) is 30.0. The third kappa shape index (κ3) is 2.04. The summed E-state index contributed by atoms with van der Waals surface area (Å²) >= 11 is 3.59. The average molecular weight is 387 g/mol. The van der Waals surface area contributed by atoms with Gasteiger partial charge in [-0.2, -0.15) is 0 Å². The molecule has 0 spiro atoms. The van der Waals surface area contributed by atoms with Gasteiger partial charge in [-0.1, -0.05) is 36.7 Å². The van der Waals surface area contributed by atoms with Gasteiger partial charge in [0.1, 0.15) is 0 Å². The van der Waals surface area contributed by atoms with Crippen LogP contribution in [-0.4, -0.2) is 70.8 Å². The number of hydrogen-bond acceptors (Lipinski definition) is 4. The minimum atomic E-state index is -0.613. The van der Waals surface area contributed by atoms with Crippen LogP contribution in [-0.2, 0) is 9.59 Å². The Bertz CT molecular complexity index is 530. The van der Waals surface area contributed by atoms with E-state index in [2.05, 4.69) is 34.7 Å². The molecule has 3 aliphatic rings. The highest BCUT2D eigenvalue weighted by molar-refractivity contribution is 9.10. The normalized spacial score (nSPS) is 40.0. The molecule has 3 fully saturated rings. The molecular weight excluding hydrogens is 360 g/mol. The van der Waals surface area contributed by atoms with Crippen molar-refractivity contribution in [2.24, 2.45) is 16.2 Å². The molecule has 1 amide bonds. The maximum Gasteiger partial charge on any atom is 0.231 e. The van der Waals surface area contributed by atoms with E-state index in [-0.39, 0.29) is 28.5 Å². The lowest BCUT2D eigenvalue weighted by molar-refractivity contribution is -0.149. The van der Waals surface area contributed by atoms with Gasteiger partial charge in [-0.3, -0.25) is 14.5 Å². The van der Waals surface area contributed by atoms with Gasteiger partial charge in [0.2, 0.25) is 5.91 Å². The largest absolute Gasteiger partial charge is 0.395 e. The van der Waals surface area contributed by atoms with E-state index in [0.717, 1.165) is 25.9 Å². The van der Waals surface area contributed by atoms with E-state index in [4.69, 9.17) is 5.11 Å². The Labute approximate surface area is 146 Å². The molecule has 3 atom stereocenters. The van der Waals surface area contributed by atoms with E-state index in [0.29, 0.717) is 19.6 Å². The van der Waals surface area contributed by atoms with Crippen molar-refractivity contribution in [1.29, 1.82) is 0 Å². The smallest absolute Gasteiger partial charge is 0.231 e. The minimum Gasteiger partial charge on any atom is -0.395 e. The molecule has 3 unspecified atom stereocenters. The summed E-state index contributed by atoms with van der Waals surface area (Å²) in [5.74, 6) is 0.337. The number of hydrogen-bond donors (Lipinski definition) is 1. The summed E-state index contributed by atoms with van der Waals surface area (Å²) in [5, 5.41) is 9.05. The molecule has 1 saturated heterocycles. The van der Waals surface area contributed by atoms with Crippen LogP contribution in [0.5, 0.6) is 0 Å². The van der Waals surface area contributed by atoms with Crippen LogP contribution in [0.1, 0.15) is 33.6 Å². The van der Waals surface area contributed by atoms with E-state index in [1.54, 1.807) is 0 Å². The monoisotopic (exact) mass is 386 g/mol. The molecule has 5 nitrogen and oxygen atoms in total. The molecule has 0 aromatic carbocycles. The van der Waals surface area contributed by atoms with Gasteiger partial charge >= 0.3 is 0 Å². The molecule has 0 aromatic rings. The molecule has 3 rings (SSSR count). The number of piperazine rings is 1. The third-order valence-electron chi connectivity index (χ3n) is 7.18. The van der Waals surface area contributed by atoms with Crippen LogP contribution in [0, 0.1) is 16.2 Å². The number of halogens is 1. The summed E-state index contributed by atoms with van der Waals surface area (Å²) in [6.45, 7) is 9.99. The minimum absolute atomic E-state index is 0.141. The highest BCUT2D eigenvalue weighted by atomic mass is 79.9. The van der Waals surface area contributed by atoms with E-state index in [1.165, 1.54) is 0 Å². The van der Waals surface area contributed by atoms with Crippen LogP contribution >= 0.6 is 15.9 Å². The number of β-amino-alcohol motifs (C(OH)–C–C–N with tert-alkyl or cyclic N) is 1. The van der Waals surface area contributed by atoms with Crippen LogP contribution in [0.4, 0.5) is 0 Å². The molecule has 2 aliphatic carbocycles. The van der Waals surface area contributed by atoms with Crippen molar-refractivity contribution in [3.8, 4) is 0 Å². The van der Waals surface area contributed by atoms with Gasteiger partial charge < -0.3 is 10.0 Å². The topological polar surface area (TPSA) is 60.9 Å². The molecular formula is C17H27BrN2O3. The first kappa shape index (κ1) is 17.4. The molecule has 0 radical (unpaired) electrons. The number of fused-ring (bicyclic) bond motifs is 2. The molecule has 1 heterocycles. The number of alkyl halides is 1. The van der Waals surface area contributed by atoms with Crippen molar-refractivity contribution >= 4 is 27.6 Å². The Hall–Kier alpha value is -0.460. The number of carbonyl (C=O) groups excluding carboxylic acids is 2. The van der Waals surface area contributed by atoms with Gasteiger partial charge in [-0.05, 0) is 18.3 Å². The summed E-state index contributed by atoms with van der Waals surface area (Å²) in [6, 6.07) is 0. The number of nitrogens with zero attached hydrogens (tertiary/aromatic N) is 2. The second-order valence-electron chi connectivity index (χ2n) is 8.01.